The summed E-state index contributed by atoms with van der Waals surface area (Å²) in [5, 5.41) is 2.12. The van der Waals surface area contributed by atoms with Crippen LogP contribution >= 0.6 is 0 Å². The fourth-order valence-corrected chi connectivity index (χ4v) is 1.16. The number of hydrogen-bond donors (Lipinski definition) is 0. The second kappa shape index (κ2) is 3.86. The van der Waals surface area contributed by atoms with Gasteiger partial charge in [-0.2, -0.15) is 0 Å². The van der Waals surface area contributed by atoms with Gasteiger partial charge in [-0.25, -0.2) is 0 Å². The Morgan fingerprint density at radius 2 is 2.42 bits per heavy atom. The summed E-state index contributed by atoms with van der Waals surface area (Å²) in [6.07, 6.45) is 6.43. The number of hydrogen-bond acceptors (Lipinski definition) is 1. The molecule has 0 saturated heterocycles. The SMILES string of the molecule is C=C/C(CC)=c1/cnccc1=C. The number of allylic oxidation sites excluding steroid dienone is 1. The van der Waals surface area contributed by atoms with E-state index in [1.807, 2.05) is 18.3 Å². The monoisotopic (exact) mass is 159 g/mol. The molecule has 1 heteroatoms. The zero-order valence-electron chi connectivity index (χ0n) is 7.38. The lowest BCUT2D eigenvalue weighted by Gasteiger charge is -1.95. The zero-order valence-corrected chi connectivity index (χ0v) is 7.38. The molecule has 1 aromatic heterocycles. The topological polar surface area (TPSA) is 12.9 Å². The Balaban J connectivity index is 3.53. The first-order valence-electron chi connectivity index (χ1n) is 4.04. The lowest BCUT2D eigenvalue weighted by Crippen LogP contribution is -2.25. The fraction of sp³-hybridized carbons (Fsp3) is 0.182. The quantitative estimate of drug-likeness (QED) is 0.632. The first kappa shape index (κ1) is 8.72. The van der Waals surface area contributed by atoms with Crippen molar-refractivity contribution >= 4 is 12.2 Å². The molecule has 0 amide bonds. The summed E-state index contributed by atoms with van der Waals surface area (Å²) in [7, 11) is 0. The largest absolute Gasteiger partial charge is 0.264 e. The van der Waals surface area contributed by atoms with Crippen molar-refractivity contribution in [2.75, 3.05) is 0 Å². The summed E-state index contributed by atoms with van der Waals surface area (Å²) in [6.45, 7) is 9.79. The highest BCUT2D eigenvalue weighted by Crippen LogP contribution is 1.97. The van der Waals surface area contributed by atoms with Crippen molar-refractivity contribution in [3.63, 3.8) is 0 Å². The van der Waals surface area contributed by atoms with Crippen LogP contribution in [0.25, 0.3) is 12.2 Å². The van der Waals surface area contributed by atoms with Gasteiger partial charge in [-0.15, -0.1) is 0 Å². The van der Waals surface area contributed by atoms with Gasteiger partial charge in [0.15, 0.2) is 0 Å². The third-order valence-electron chi connectivity index (χ3n) is 1.88. The molecule has 0 atom stereocenters. The predicted molar refractivity (Wildman–Crippen MR) is 52.9 cm³/mol. The van der Waals surface area contributed by atoms with Gasteiger partial charge in [0.1, 0.15) is 0 Å². The van der Waals surface area contributed by atoms with Gasteiger partial charge < -0.3 is 0 Å². The zero-order chi connectivity index (χ0) is 8.97. The molecule has 1 aromatic rings. The van der Waals surface area contributed by atoms with Crippen LogP contribution in [0, 0.1) is 0 Å². The highest BCUT2D eigenvalue weighted by molar-refractivity contribution is 5.54. The Morgan fingerprint density at radius 3 is 2.92 bits per heavy atom. The van der Waals surface area contributed by atoms with E-state index >= 15 is 0 Å². The Labute approximate surface area is 72.8 Å². The van der Waals surface area contributed by atoms with Crippen molar-refractivity contribution in [3.8, 4) is 0 Å². The molecular formula is C11H13N. The molecule has 12 heavy (non-hydrogen) atoms. The second-order valence-electron chi connectivity index (χ2n) is 2.62. The van der Waals surface area contributed by atoms with Crippen LogP contribution in [-0.2, 0) is 0 Å². The first-order chi connectivity index (χ1) is 5.79. The van der Waals surface area contributed by atoms with Crippen molar-refractivity contribution in [1.29, 1.82) is 0 Å². The first-order valence-corrected chi connectivity index (χ1v) is 4.04. The predicted octanol–water partition coefficient (Wildman–Crippen LogP) is 1.24. The number of nitrogens with zero attached hydrogens (tertiary/aromatic N) is 1. The maximum absolute atomic E-state index is 4.05. The van der Waals surface area contributed by atoms with Gasteiger partial charge in [0.25, 0.3) is 0 Å². The van der Waals surface area contributed by atoms with Crippen LogP contribution in [0.15, 0.2) is 31.1 Å². The molecular weight excluding hydrogens is 146 g/mol. The molecule has 0 spiro atoms. The van der Waals surface area contributed by atoms with Gasteiger partial charge >= 0.3 is 0 Å². The van der Waals surface area contributed by atoms with Crippen molar-refractivity contribution in [3.05, 3.63) is 41.6 Å². The van der Waals surface area contributed by atoms with E-state index in [1.54, 1.807) is 6.20 Å². The minimum Gasteiger partial charge on any atom is -0.264 e. The molecule has 0 saturated carbocycles. The van der Waals surface area contributed by atoms with Crippen LogP contribution in [0.2, 0.25) is 0 Å². The normalized spacial score (nSPS) is 12.4. The summed E-state index contributed by atoms with van der Waals surface area (Å²) in [4.78, 5) is 4.05. The van der Waals surface area contributed by atoms with Crippen LogP contribution in [0.1, 0.15) is 13.3 Å². The van der Waals surface area contributed by atoms with Crippen LogP contribution in [0.5, 0.6) is 0 Å². The van der Waals surface area contributed by atoms with E-state index in [-0.39, 0.29) is 0 Å². The molecule has 1 heterocycles. The van der Waals surface area contributed by atoms with Gasteiger partial charge in [-0.1, -0.05) is 26.2 Å². The van der Waals surface area contributed by atoms with Gasteiger partial charge in [0.2, 0.25) is 0 Å². The van der Waals surface area contributed by atoms with E-state index in [9.17, 15) is 0 Å². The minimum atomic E-state index is 0.970. The lowest BCUT2D eigenvalue weighted by molar-refractivity contribution is 1.20. The smallest absolute Gasteiger partial charge is 0.0348 e. The molecule has 0 aliphatic carbocycles. The molecule has 0 unspecified atom stereocenters. The molecule has 0 N–H and O–H groups in total. The average molecular weight is 159 g/mol. The van der Waals surface area contributed by atoms with E-state index in [1.165, 1.54) is 5.57 Å². The van der Waals surface area contributed by atoms with Crippen LogP contribution in [0.4, 0.5) is 0 Å². The number of pyridine rings is 1. The Morgan fingerprint density at radius 1 is 1.67 bits per heavy atom. The highest BCUT2D eigenvalue weighted by Gasteiger charge is 1.89. The molecule has 1 nitrogen and oxygen atoms in total. The van der Waals surface area contributed by atoms with Crippen LogP contribution < -0.4 is 10.4 Å². The van der Waals surface area contributed by atoms with E-state index in [0.29, 0.717) is 0 Å². The molecule has 1 rings (SSSR count). The fourth-order valence-electron chi connectivity index (χ4n) is 1.16. The minimum absolute atomic E-state index is 0.970. The lowest BCUT2D eigenvalue weighted by atomic mass is 10.1. The number of aromatic nitrogens is 1. The van der Waals surface area contributed by atoms with Gasteiger partial charge in [-0.05, 0) is 23.3 Å². The van der Waals surface area contributed by atoms with Crippen LogP contribution in [0.3, 0.4) is 0 Å². The maximum atomic E-state index is 4.05. The molecule has 0 bridgehead atoms. The van der Waals surface area contributed by atoms with E-state index < -0.39 is 0 Å². The molecule has 62 valence electrons. The third kappa shape index (κ3) is 1.62. The Kier molecular flexibility index (Phi) is 2.81. The van der Waals surface area contributed by atoms with Crippen molar-refractivity contribution < 1.29 is 0 Å². The van der Waals surface area contributed by atoms with Crippen molar-refractivity contribution in [1.82, 2.24) is 4.98 Å². The standard InChI is InChI=1S/C11H13N/c1-4-10(5-2)11-8-12-7-6-9(11)3/h4,6-8H,1,3,5H2,2H3/b11-10+. The van der Waals surface area contributed by atoms with Crippen molar-refractivity contribution in [2.24, 2.45) is 0 Å². The van der Waals surface area contributed by atoms with Gasteiger partial charge in [-0.3, -0.25) is 4.98 Å². The molecule has 0 fully saturated rings. The number of rotatable bonds is 2. The second-order valence-corrected chi connectivity index (χ2v) is 2.62. The highest BCUT2D eigenvalue weighted by atomic mass is 14.6. The Bertz CT molecular complexity index is 376. The Hall–Kier alpha value is -1.37. The molecule has 0 radical (unpaired) electrons. The summed E-state index contributed by atoms with van der Waals surface area (Å²) in [6, 6.07) is 1.91. The van der Waals surface area contributed by atoms with Gasteiger partial charge in [0, 0.05) is 17.6 Å². The van der Waals surface area contributed by atoms with E-state index in [0.717, 1.165) is 16.9 Å². The molecule has 0 aliphatic heterocycles. The summed E-state index contributed by atoms with van der Waals surface area (Å²) in [5.41, 5.74) is 1.20. The van der Waals surface area contributed by atoms with E-state index in [2.05, 4.69) is 25.1 Å². The molecule has 0 aliphatic rings. The summed E-state index contributed by atoms with van der Waals surface area (Å²) in [5.74, 6) is 0. The summed E-state index contributed by atoms with van der Waals surface area (Å²) < 4.78 is 0. The third-order valence-corrected chi connectivity index (χ3v) is 1.88. The maximum Gasteiger partial charge on any atom is 0.0348 e. The van der Waals surface area contributed by atoms with Crippen LogP contribution in [-0.4, -0.2) is 4.98 Å². The van der Waals surface area contributed by atoms with E-state index in [4.69, 9.17) is 0 Å². The summed E-state index contributed by atoms with van der Waals surface area (Å²) >= 11 is 0. The average Bonchev–Trinajstić information content (AvgIpc) is 2.10. The molecule has 0 aromatic carbocycles. The van der Waals surface area contributed by atoms with Crippen molar-refractivity contribution in [2.45, 2.75) is 13.3 Å². The van der Waals surface area contributed by atoms with Gasteiger partial charge in [0.05, 0.1) is 0 Å².